The Kier molecular flexibility index (Phi) is 13.0. The van der Waals surface area contributed by atoms with E-state index in [1.54, 1.807) is 25.1 Å². The lowest BCUT2D eigenvalue weighted by Gasteiger charge is -2.39. The highest BCUT2D eigenvalue weighted by Gasteiger charge is 2.43. The van der Waals surface area contributed by atoms with E-state index in [1.807, 2.05) is 4.57 Å². The SMILES string of the molecule is CCN(CC)CCc1nc2c(N)nc(Cl)nc2n1[C@H]1C[C@@H](O)[C@@H](COP(=O)(O)OP(=O)(N[C@@H](C)C(=O)OC)Oc2ccccc2)OC1C. The number of nitrogens with two attached hydrogens (primary N) is 1. The third kappa shape index (κ3) is 9.51. The number of phosphoric ester groups is 1. The molecule has 7 atom stereocenters. The van der Waals surface area contributed by atoms with Crippen LogP contribution < -0.4 is 15.3 Å². The molecule has 3 unspecified atom stereocenters. The molecule has 3 aromatic rings. The average Bonchev–Trinajstić information content (AvgIpc) is 3.39. The molecular weight excluding hydrogens is 692 g/mol. The summed E-state index contributed by atoms with van der Waals surface area (Å²) in [6, 6.07) is 5.94. The standard InChI is InChI=1S/C28H42ClN7O10P2/c1-6-35(7-2)14-13-23-31-24-25(30)32-28(29)33-26(24)36(23)20-15-21(37)22(44-18(20)4)16-43-48(40,41)46-47(39,34-17(3)27(38)42-5)45-19-11-9-8-10-12-19/h8-12,17-18,20-22,37H,6-7,13-16H2,1-5H3,(H,34,39)(H,40,41)(H2,30,32,33)/t17-,18?,20-,21+,22+,47?/m0/s1. The van der Waals surface area contributed by atoms with Crippen LogP contribution in [0.5, 0.6) is 5.75 Å². The van der Waals surface area contributed by atoms with E-state index >= 15 is 0 Å². The molecule has 0 spiro atoms. The number of carbonyl (C=O) groups is 1. The molecule has 2 aromatic heterocycles. The van der Waals surface area contributed by atoms with Crippen molar-refractivity contribution in [2.24, 2.45) is 0 Å². The number of aliphatic hydroxyl groups excluding tert-OH is 1. The predicted molar refractivity (Wildman–Crippen MR) is 176 cm³/mol. The third-order valence-corrected chi connectivity index (χ3v) is 11.3. The summed E-state index contributed by atoms with van der Waals surface area (Å²) < 4.78 is 54.7. The highest BCUT2D eigenvalue weighted by molar-refractivity contribution is 7.63. The highest BCUT2D eigenvalue weighted by atomic mass is 35.5. The molecule has 0 bridgehead atoms. The summed E-state index contributed by atoms with van der Waals surface area (Å²) in [7, 11) is -8.76. The number of methoxy groups -OCH3 is 1. The number of phosphoric acid groups is 1. The molecule has 1 aliphatic heterocycles. The van der Waals surface area contributed by atoms with Crippen LogP contribution >= 0.6 is 27.2 Å². The molecule has 17 nitrogen and oxygen atoms in total. The monoisotopic (exact) mass is 733 g/mol. The molecule has 1 aromatic carbocycles. The maximum absolute atomic E-state index is 13.6. The molecule has 3 heterocycles. The van der Waals surface area contributed by atoms with Crippen molar-refractivity contribution >= 4 is 50.1 Å². The van der Waals surface area contributed by atoms with Gasteiger partial charge in [-0.2, -0.15) is 19.4 Å². The van der Waals surface area contributed by atoms with Crippen molar-refractivity contribution < 1.29 is 46.8 Å². The van der Waals surface area contributed by atoms with Gasteiger partial charge in [-0.3, -0.25) is 9.32 Å². The van der Waals surface area contributed by atoms with E-state index in [-0.39, 0.29) is 23.3 Å². The van der Waals surface area contributed by atoms with E-state index in [4.69, 9.17) is 40.4 Å². The summed E-state index contributed by atoms with van der Waals surface area (Å²) >= 11 is 6.16. The molecule has 1 saturated heterocycles. The molecule has 1 aliphatic rings. The quantitative estimate of drug-likeness (QED) is 0.0939. The normalized spacial score (nSPS) is 23.0. The second kappa shape index (κ2) is 16.3. The first kappa shape index (κ1) is 38.1. The van der Waals surface area contributed by atoms with Gasteiger partial charge in [-0.25, -0.2) is 14.1 Å². The number of esters is 1. The molecular formula is C28H42ClN7O10P2. The Labute approximate surface area is 283 Å². The zero-order chi connectivity index (χ0) is 35.2. The van der Waals surface area contributed by atoms with Gasteiger partial charge in [0.2, 0.25) is 5.28 Å². The summed E-state index contributed by atoms with van der Waals surface area (Å²) in [6.07, 6.45) is -2.21. The van der Waals surface area contributed by atoms with Crippen molar-refractivity contribution in [2.45, 2.75) is 70.9 Å². The minimum absolute atomic E-state index is 0.0214. The van der Waals surface area contributed by atoms with Crippen LogP contribution in [0, 0.1) is 0 Å². The van der Waals surface area contributed by atoms with Crippen molar-refractivity contribution in [1.29, 1.82) is 0 Å². The summed E-state index contributed by atoms with van der Waals surface area (Å²) in [5, 5.41) is 13.4. The number of likely N-dealkylation sites (N-methyl/N-ethyl adjacent to an activating group) is 1. The average molecular weight is 734 g/mol. The number of para-hydroxylation sites is 1. The van der Waals surface area contributed by atoms with Crippen LogP contribution in [0.2, 0.25) is 5.28 Å². The highest BCUT2D eigenvalue weighted by Crippen LogP contribution is 2.60. The lowest BCUT2D eigenvalue weighted by Crippen LogP contribution is -2.46. The van der Waals surface area contributed by atoms with Gasteiger partial charge in [0, 0.05) is 13.0 Å². The van der Waals surface area contributed by atoms with Crippen LogP contribution in [0.4, 0.5) is 5.82 Å². The van der Waals surface area contributed by atoms with E-state index < -0.39 is 58.5 Å². The number of aliphatic hydroxyl groups is 1. The smallest absolute Gasteiger partial charge is 0.468 e. The van der Waals surface area contributed by atoms with Crippen LogP contribution in [0.15, 0.2) is 30.3 Å². The van der Waals surface area contributed by atoms with Gasteiger partial charge < -0.3 is 39.2 Å². The van der Waals surface area contributed by atoms with Crippen molar-refractivity contribution in [1.82, 2.24) is 29.5 Å². The largest absolute Gasteiger partial charge is 0.481 e. The minimum Gasteiger partial charge on any atom is -0.468 e. The summed E-state index contributed by atoms with van der Waals surface area (Å²) in [4.78, 5) is 37.9. The number of anilines is 1. The molecule has 1 fully saturated rings. The zero-order valence-corrected chi connectivity index (χ0v) is 29.8. The summed E-state index contributed by atoms with van der Waals surface area (Å²) in [5.74, 6) is -0.0387. The topological polar surface area (TPSA) is 223 Å². The van der Waals surface area contributed by atoms with Crippen LogP contribution in [0.25, 0.3) is 11.2 Å². The Balaban J connectivity index is 1.50. The number of benzene rings is 1. The second-order valence-corrected chi connectivity index (χ2v) is 14.7. The summed E-state index contributed by atoms with van der Waals surface area (Å²) in [6.45, 7) is 8.98. The predicted octanol–water partition coefficient (Wildman–Crippen LogP) is 3.50. The van der Waals surface area contributed by atoms with Crippen LogP contribution in [-0.4, -0.2) is 98.1 Å². The molecule has 0 radical (unpaired) electrons. The number of nitrogens with one attached hydrogen (secondary N) is 1. The fourth-order valence-corrected chi connectivity index (χ4v) is 8.46. The molecule has 4 rings (SSSR count). The Morgan fingerprint density at radius 1 is 1.23 bits per heavy atom. The number of carbonyl (C=O) groups excluding carboxylic acids is 1. The first-order valence-corrected chi connectivity index (χ1v) is 18.7. The van der Waals surface area contributed by atoms with E-state index in [0.29, 0.717) is 30.0 Å². The Hall–Kier alpha value is -2.69. The van der Waals surface area contributed by atoms with E-state index in [0.717, 1.165) is 20.2 Å². The number of ether oxygens (including phenoxy) is 2. The van der Waals surface area contributed by atoms with Crippen LogP contribution in [0.1, 0.15) is 46.0 Å². The van der Waals surface area contributed by atoms with E-state index in [2.05, 4.69) is 38.5 Å². The van der Waals surface area contributed by atoms with Gasteiger partial charge in [-0.1, -0.05) is 32.0 Å². The van der Waals surface area contributed by atoms with Crippen LogP contribution in [0.3, 0.4) is 0 Å². The number of hydrogen-bond donors (Lipinski definition) is 4. The van der Waals surface area contributed by atoms with E-state index in [9.17, 15) is 23.9 Å². The third-order valence-electron chi connectivity index (χ3n) is 7.82. The van der Waals surface area contributed by atoms with Gasteiger partial charge >= 0.3 is 21.5 Å². The zero-order valence-electron chi connectivity index (χ0n) is 27.3. The minimum atomic E-state index is -5.16. The number of fused-ring (bicyclic) bond motifs is 1. The number of hydrogen-bond acceptors (Lipinski definition) is 14. The van der Waals surface area contributed by atoms with Gasteiger partial charge in [-0.05, 0) is 57.1 Å². The van der Waals surface area contributed by atoms with Gasteiger partial charge in [0.05, 0.1) is 32.0 Å². The second-order valence-electron chi connectivity index (χ2n) is 11.1. The van der Waals surface area contributed by atoms with E-state index in [1.165, 1.54) is 19.1 Å². The first-order valence-electron chi connectivity index (χ1n) is 15.3. The Morgan fingerprint density at radius 3 is 2.56 bits per heavy atom. The van der Waals surface area contributed by atoms with Crippen molar-refractivity contribution in [3.05, 3.63) is 41.4 Å². The number of aromatic nitrogens is 4. The lowest BCUT2D eigenvalue weighted by atomic mass is 9.96. The van der Waals surface area contributed by atoms with Crippen molar-refractivity contribution in [3.63, 3.8) is 0 Å². The fourth-order valence-electron chi connectivity index (χ4n) is 5.33. The maximum atomic E-state index is 13.6. The lowest BCUT2D eigenvalue weighted by molar-refractivity contribution is -0.146. The maximum Gasteiger partial charge on any atom is 0.481 e. The van der Waals surface area contributed by atoms with Gasteiger partial charge in [0.1, 0.15) is 23.7 Å². The first-order chi connectivity index (χ1) is 22.7. The molecule has 266 valence electrons. The molecule has 0 aliphatic carbocycles. The van der Waals surface area contributed by atoms with Crippen LogP contribution in [-0.2, 0) is 38.7 Å². The number of halogens is 1. The number of nitrogens with zero attached hydrogens (tertiary/aromatic N) is 5. The number of imidazole rings is 1. The molecule has 20 heteroatoms. The molecule has 0 amide bonds. The number of rotatable bonds is 16. The summed E-state index contributed by atoms with van der Waals surface area (Å²) in [5.41, 5.74) is 6.90. The van der Waals surface area contributed by atoms with Gasteiger partial charge in [0.15, 0.2) is 17.0 Å². The molecule has 48 heavy (non-hydrogen) atoms. The van der Waals surface area contributed by atoms with Gasteiger partial charge in [-0.15, -0.1) is 0 Å². The van der Waals surface area contributed by atoms with Gasteiger partial charge in [0.25, 0.3) is 0 Å². The fraction of sp³-hybridized carbons (Fsp3) is 0.571. The van der Waals surface area contributed by atoms with Crippen molar-refractivity contribution in [3.8, 4) is 5.75 Å². The molecule has 0 saturated carbocycles. The molecule has 5 N–H and O–H groups in total. The van der Waals surface area contributed by atoms with Crippen molar-refractivity contribution in [2.75, 3.05) is 39.1 Å². The number of nitrogen functional groups attached to an aromatic ring is 1. The Bertz CT molecular complexity index is 1650. The Morgan fingerprint density at radius 2 is 1.92 bits per heavy atom.